The van der Waals surface area contributed by atoms with Crippen molar-refractivity contribution in [2.24, 2.45) is 0 Å². The first-order chi connectivity index (χ1) is 8.86. The van der Waals surface area contributed by atoms with Crippen LogP contribution in [0.1, 0.15) is 32.6 Å². The standard InChI is InChI=1S/C15H26N2O/c1-3-4-5-6-12-18-15-9-7-8-14(13-15)17-11-10-16-2/h7-9,13,16-17H,3-6,10-12H2,1-2H3. The Hall–Kier alpha value is -1.22. The Morgan fingerprint density at radius 2 is 2.00 bits per heavy atom. The molecule has 0 aromatic heterocycles. The molecule has 1 aromatic rings. The van der Waals surface area contributed by atoms with E-state index >= 15 is 0 Å². The first-order valence-corrected chi connectivity index (χ1v) is 6.98. The van der Waals surface area contributed by atoms with E-state index in [1.807, 2.05) is 19.2 Å². The Kier molecular flexibility index (Phi) is 8.06. The Morgan fingerprint density at radius 1 is 1.11 bits per heavy atom. The molecular formula is C15H26N2O. The average Bonchev–Trinajstić information content (AvgIpc) is 2.39. The van der Waals surface area contributed by atoms with E-state index in [2.05, 4.69) is 29.7 Å². The van der Waals surface area contributed by atoms with Gasteiger partial charge in [-0.05, 0) is 25.6 Å². The van der Waals surface area contributed by atoms with Crippen LogP contribution in [0.2, 0.25) is 0 Å². The highest BCUT2D eigenvalue weighted by Gasteiger charge is 1.96. The summed E-state index contributed by atoms with van der Waals surface area (Å²) in [6, 6.07) is 8.18. The summed E-state index contributed by atoms with van der Waals surface area (Å²) in [5, 5.41) is 6.47. The number of hydrogen-bond donors (Lipinski definition) is 2. The highest BCUT2D eigenvalue weighted by atomic mass is 16.5. The zero-order chi connectivity index (χ0) is 13.1. The van der Waals surface area contributed by atoms with Crippen LogP contribution in [0.25, 0.3) is 0 Å². The fourth-order valence-corrected chi connectivity index (χ4v) is 1.75. The van der Waals surface area contributed by atoms with Gasteiger partial charge in [0, 0.05) is 24.8 Å². The normalized spacial score (nSPS) is 10.3. The topological polar surface area (TPSA) is 33.3 Å². The van der Waals surface area contributed by atoms with Crippen molar-refractivity contribution in [1.82, 2.24) is 5.32 Å². The number of rotatable bonds is 10. The second-order valence-corrected chi connectivity index (χ2v) is 4.47. The molecule has 0 radical (unpaired) electrons. The Bertz CT molecular complexity index is 315. The fraction of sp³-hybridized carbons (Fsp3) is 0.600. The molecule has 3 heteroatoms. The molecule has 0 amide bonds. The molecule has 0 saturated heterocycles. The number of unbranched alkanes of at least 4 members (excludes halogenated alkanes) is 3. The summed E-state index contributed by atoms with van der Waals surface area (Å²) in [7, 11) is 1.96. The summed E-state index contributed by atoms with van der Waals surface area (Å²) < 4.78 is 5.74. The van der Waals surface area contributed by atoms with Gasteiger partial charge in [0.15, 0.2) is 0 Å². The van der Waals surface area contributed by atoms with Crippen molar-refractivity contribution in [3.63, 3.8) is 0 Å². The minimum atomic E-state index is 0.819. The summed E-state index contributed by atoms with van der Waals surface area (Å²) in [6.07, 6.45) is 4.97. The van der Waals surface area contributed by atoms with E-state index in [-0.39, 0.29) is 0 Å². The Labute approximate surface area is 111 Å². The maximum Gasteiger partial charge on any atom is 0.121 e. The summed E-state index contributed by atoms with van der Waals surface area (Å²) in [5.74, 6) is 0.959. The lowest BCUT2D eigenvalue weighted by molar-refractivity contribution is 0.305. The van der Waals surface area contributed by atoms with Gasteiger partial charge in [-0.2, -0.15) is 0 Å². The van der Waals surface area contributed by atoms with Gasteiger partial charge in [-0.25, -0.2) is 0 Å². The van der Waals surface area contributed by atoms with Gasteiger partial charge in [0.1, 0.15) is 5.75 Å². The number of benzene rings is 1. The summed E-state index contributed by atoms with van der Waals surface area (Å²) in [4.78, 5) is 0. The molecule has 0 atom stereocenters. The first-order valence-electron chi connectivity index (χ1n) is 6.98. The summed E-state index contributed by atoms with van der Waals surface area (Å²) in [5.41, 5.74) is 1.12. The molecular weight excluding hydrogens is 224 g/mol. The maximum atomic E-state index is 5.74. The highest BCUT2D eigenvalue weighted by Crippen LogP contribution is 2.17. The molecule has 0 bridgehead atoms. The van der Waals surface area contributed by atoms with Crippen molar-refractivity contribution < 1.29 is 4.74 Å². The lowest BCUT2D eigenvalue weighted by atomic mass is 10.2. The molecule has 3 nitrogen and oxygen atoms in total. The SMILES string of the molecule is CCCCCCOc1cccc(NCCNC)c1. The second-order valence-electron chi connectivity index (χ2n) is 4.47. The van der Waals surface area contributed by atoms with Crippen LogP contribution in [0.4, 0.5) is 5.69 Å². The van der Waals surface area contributed by atoms with Crippen LogP contribution in [0, 0.1) is 0 Å². The van der Waals surface area contributed by atoms with Gasteiger partial charge in [-0.15, -0.1) is 0 Å². The van der Waals surface area contributed by atoms with Crippen LogP contribution in [0.5, 0.6) is 5.75 Å². The highest BCUT2D eigenvalue weighted by molar-refractivity contribution is 5.48. The third-order valence-corrected chi connectivity index (χ3v) is 2.80. The van der Waals surface area contributed by atoms with Crippen molar-refractivity contribution in [3.05, 3.63) is 24.3 Å². The number of hydrogen-bond acceptors (Lipinski definition) is 3. The largest absolute Gasteiger partial charge is 0.494 e. The molecule has 0 aliphatic rings. The minimum absolute atomic E-state index is 0.819. The van der Waals surface area contributed by atoms with Crippen LogP contribution < -0.4 is 15.4 Å². The fourth-order valence-electron chi connectivity index (χ4n) is 1.75. The van der Waals surface area contributed by atoms with Crippen LogP contribution in [0.3, 0.4) is 0 Å². The van der Waals surface area contributed by atoms with Gasteiger partial charge in [-0.3, -0.25) is 0 Å². The van der Waals surface area contributed by atoms with E-state index in [1.54, 1.807) is 0 Å². The van der Waals surface area contributed by atoms with Gasteiger partial charge >= 0.3 is 0 Å². The zero-order valence-electron chi connectivity index (χ0n) is 11.7. The predicted molar refractivity (Wildman–Crippen MR) is 78.5 cm³/mol. The molecule has 0 heterocycles. The third-order valence-electron chi connectivity index (χ3n) is 2.80. The summed E-state index contributed by atoms with van der Waals surface area (Å²) >= 11 is 0. The van der Waals surface area contributed by atoms with E-state index in [4.69, 9.17) is 4.74 Å². The molecule has 2 N–H and O–H groups in total. The molecule has 18 heavy (non-hydrogen) atoms. The van der Waals surface area contributed by atoms with Crippen LogP contribution in [0.15, 0.2) is 24.3 Å². The molecule has 0 spiro atoms. The van der Waals surface area contributed by atoms with E-state index in [0.29, 0.717) is 0 Å². The molecule has 0 aliphatic heterocycles. The average molecular weight is 250 g/mol. The van der Waals surface area contributed by atoms with Gasteiger partial charge in [0.2, 0.25) is 0 Å². The lowest BCUT2D eigenvalue weighted by Gasteiger charge is -2.09. The van der Waals surface area contributed by atoms with E-state index in [0.717, 1.165) is 37.6 Å². The Balaban J connectivity index is 2.26. The van der Waals surface area contributed by atoms with Crippen LogP contribution in [-0.2, 0) is 0 Å². The first kappa shape index (κ1) is 14.8. The Morgan fingerprint density at radius 3 is 2.78 bits per heavy atom. The molecule has 1 aromatic carbocycles. The van der Waals surface area contributed by atoms with Crippen molar-refractivity contribution in [2.45, 2.75) is 32.6 Å². The number of likely N-dealkylation sites (N-methyl/N-ethyl adjacent to an activating group) is 1. The third kappa shape index (κ3) is 6.50. The number of nitrogens with one attached hydrogen (secondary N) is 2. The minimum Gasteiger partial charge on any atom is -0.494 e. The smallest absolute Gasteiger partial charge is 0.121 e. The van der Waals surface area contributed by atoms with Gasteiger partial charge in [0.05, 0.1) is 6.61 Å². The predicted octanol–water partition coefficient (Wildman–Crippen LogP) is 3.28. The zero-order valence-corrected chi connectivity index (χ0v) is 11.7. The monoisotopic (exact) mass is 250 g/mol. The number of ether oxygens (including phenoxy) is 1. The van der Waals surface area contributed by atoms with E-state index in [9.17, 15) is 0 Å². The van der Waals surface area contributed by atoms with E-state index in [1.165, 1.54) is 19.3 Å². The van der Waals surface area contributed by atoms with Crippen molar-refractivity contribution in [1.29, 1.82) is 0 Å². The summed E-state index contributed by atoms with van der Waals surface area (Å²) in [6.45, 7) is 4.93. The van der Waals surface area contributed by atoms with Crippen molar-refractivity contribution in [3.8, 4) is 5.75 Å². The van der Waals surface area contributed by atoms with Crippen LogP contribution >= 0.6 is 0 Å². The lowest BCUT2D eigenvalue weighted by Crippen LogP contribution is -2.17. The van der Waals surface area contributed by atoms with E-state index < -0.39 is 0 Å². The molecule has 0 unspecified atom stereocenters. The quantitative estimate of drug-likeness (QED) is 0.625. The van der Waals surface area contributed by atoms with Gasteiger partial charge in [-0.1, -0.05) is 32.3 Å². The van der Waals surface area contributed by atoms with Crippen molar-refractivity contribution in [2.75, 3.05) is 32.1 Å². The van der Waals surface area contributed by atoms with Crippen molar-refractivity contribution >= 4 is 5.69 Å². The molecule has 0 saturated carbocycles. The maximum absolute atomic E-state index is 5.74. The number of anilines is 1. The van der Waals surface area contributed by atoms with Gasteiger partial charge < -0.3 is 15.4 Å². The second kappa shape index (κ2) is 9.77. The molecule has 102 valence electrons. The molecule has 1 rings (SSSR count). The molecule has 0 aliphatic carbocycles. The van der Waals surface area contributed by atoms with Gasteiger partial charge in [0.25, 0.3) is 0 Å². The molecule has 0 fully saturated rings. The van der Waals surface area contributed by atoms with Crippen LogP contribution in [-0.4, -0.2) is 26.7 Å².